The van der Waals surface area contributed by atoms with Gasteiger partial charge in [0.25, 0.3) is 0 Å². The van der Waals surface area contributed by atoms with Crippen molar-refractivity contribution in [2.45, 2.75) is 26.6 Å². The number of aromatic nitrogens is 1. The first-order valence-electron chi connectivity index (χ1n) is 8.96. The second kappa shape index (κ2) is 8.68. The van der Waals surface area contributed by atoms with Gasteiger partial charge in [0.1, 0.15) is 18.2 Å². The van der Waals surface area contributed by atoms with Crippen molar-refractivity contribution in [3.63, 3.8) is 0 Å². The van der Waals surface area contributed by atoms with Crippen molar-refractivity contribution in [2.24, 2.45) is 0 Å². The molecule has 29 heavy (non-hydrogen) atoms. The number of carbonyl (C=O) groups excluding carboxylic acids is 2. The quantitative estimate of drug-likeness (QED) is 0.586. The molecule has 0 aliphatic carbocycles. The second-order valence-corrected chi connectivity index (χ2v) is 6.39. The maximum atomic E-state index is 13.0. The lowest BCUT2D eigenvalue weighted by Gasteiger charge is -2.16. The van der Waals surface area contributed by atoms with E-state index in [2.05, 4.69) is 4.98 Å². The predicted octanol–water partition coefficient (Wildman–Crippen LogP) is 3.98. The molecule has 1 atom stereocenters. The van der Waals surface area contributed by atoms with Gasteiger partial charge in [-0.1, -0.05) is 18.2 Å². The monoisotopic (exact) mass is 397 g/mol. The zero-order chi connectivity index (χ0) is 21.0. The van der Waals surface area contributed by atoms with Gasteiger partial charge in [-0.2, -0.15) is 0 Å². The van der Waals surface area contributed by atoms with Crippen molar-refractivity contribution in [1.82, 2.24) is 4.98 Å². The van der Waals surface area contributed by atoms with Gasteiger partial charge in [0.15, 0.2) is 6.10 Å². The molecule has 150 valence electrons. The largest absolute Gasteiger partial charge is 0.479 e. The number of aryl methyl sites for hydroxylation is 1. The number of halogens is 1. The molecule has 0 spiro atoms. The summed E-state index contributed by atoms with van der Waals surface area (Å²) < 4.78 is 28.6. The number of nitrogens with zero attached hydrogens (tertiary/aromatic N) is 1. The van der Waals surface area contributed by atoms with Gasteiger partial charge in [0.2, 0.25) is 0 Å². The van der Waals surface area contributed by atoms with Crippen LogP contribution in [0.5, 0.6) is 5.75 Å². The molecule has 1 heterocycles. The first-order valence-corrected chi connectivity index (χ1v) is 8.96. The van der Waals surface area contributed by atoms with Crippen LogP contribution in [0.1, 0.15) is 28.5 Å². The maximum Gasteiger partial charge on any atom is 0.347 e. The number of hydrogen-bond acceptors (Lipinski definition) is 6. The minimum absolute atomic E-state index is 0.216. The number of carbonyl (C=O) groups is 2. The van der Waals surface area contributed by atoms with E-state index in [1.807, 2.05) is 24.3 Å². The average molecular weight is 397 g/mol. The standard InChI is InChI=1S/C22H20FNO5/c1-13-17-6-4-5-7-18(17)24-19(20(13)22(26)27-3)12-28-21(25)14(2)29-16-10-8-15(23)9-11-16/h4-11,14H,12H2,1-3H3/t14-/m0/s1. The van der Waals surface area contributed by atoms with Crippen molar-refractivity contribution in [2.75, 3.05) is 7.11 Å². The summed E-state index contributed by atoms with van der Waals surface area (Å²) in [6.45, 7) is 3.10. The highest BCUT2D eigenvalue weighted by atomic mass is 19.1. The Hall–Kier alpha value is -3.48. The van der Waals surface area contributed by atoms with Crippen LogP contribution in [0.15, 0.2) is 48.5 Å². The van der Waals surface area contributed by atoms with E-state index in [0.717, 1.165) is 5.39 Å². The summed E-state index contributed by atoms with van der Waals surface area (Å²) >= 11 is 0. The third-order valence-electron chi connectivity index (χ3n) is 4.43. The molecule has 0 N–H and O–H groups in total. The second-order valence-electron chi connectivity index (χ2n) is 6.39. The van der Waals surface area contributed by atoms with Crippen molar-refractivity contribution in [1.29, 1.82) is 0 Å². The van der Waals surface area contributed by atoms with E-state index in [1.165, 1.54) is 38.3 Å². The lowest BCUT2D eigenvalue weighted by Crippen LogP contribution is -2.26. The minimum atomic E-state index is -0.927. The normalized spacial score (nSPS) is 11.7. The summed E-state index contributed by atoms with van der Waals surface area (Å²) in [6, 6.07) is 12.7. The number of para-hydroxylation sites is 1. The summed E-state index contributed by atoms with van der Waals surface area (Å²) in [5.74, 6) is -1.26. The first kappa shape index (κ1) is 20.3. The van der Waals surface area contributed by atoms with Gasteiger partial charge >= 0.3 is 11.9 Å². The molecular weight excluding hydrogens is 377 g/mol. The molecule has 0 bridgehead atoms. The van der Waals surface area contributed by atoms with Gasteiger partial charge in [-0.05, 0) is 49.7 Å². The zero-order valence-corrected chi connectivity index (χ0v) is 16.3. The van der Waals surface area contributed by atoms with Crippen LogP contribution in [0.4, 0.5) is 4.39 Å². The molecular formula is C22H20FNO5. The molecule has 2 aromatic carbocycles. The fraction of sp³-hybridized carbons (Fsp3) is 0.227. The highest BCUT2D eigenvalue weighted by molar-refractivity contribution is 5.98. The van der Waals surface area contributed by atoms with Crippen LogP contribution in [0, 0.1) is 12.7 Å². The fourth-order valence-electron chi connectivity index (χ4n) is 2.94. The molecule has 0 saturated heterocycles. The number of esters is 2. The molecule has 0 aliphatic rings. The summed E-state index contributed by atoms with van der Waals surface area (Å²) in [4.78, 5) is 29.1. The zero-order valence-electron chi connectivity index (χ0n) is 16.3. The van der Waals surface area contributed by atoms with E-state index >= 15 is 0 Å². The number of ether oxygens (including phenoxy) is 3. The van der Waals surface area contributed by atoms with Crippen LogP contribution in [0.3, 0.4) is 0 Å². The Kier molecular flexibility index (Phi) is 6.07. The van der Waals surface area contributed by atoms with Crippen molar-refractivity contribution < 1.29 is 28.2 Å². The summed E-state index contributed by atoms with van der Waals surface area (Å²) in [7, 11) is 1.28. The third-order valence-corrected chi connectivity index (χ3v) is 4.43. The molecule has 0 radical (unpaired) electrons. The Morgan fingerprint density at radius 2 is 1.79 bits per heavy atom. The van der Waals surface area contributed by atoms with Gasteiger partial charge in [-0.25, -0.2) is 19.0 Å². The maximum absolute atomic E-state index is 13.0. The molecule has 0 fully saturated rings. The van der Waals surface area contributed by atoms with Crippen molar-refractivity contribution in [3.8, 4) is 5.75 Å². The van der Waals surface area contributed by atoms with Crippen LogP contribution >= 0.6 is 0 Å². The highest BCUT2D eigenvalue weighted by Gasteiger charge is 2.22. The van der Waals surface area contributed by atoms with Crippen molar-refractivity contribution in [3.05, 3.63) is 71.2 Å². The molecule has 6 nitrogen and oxygen atoms in total. The number of pyridine rings is 1. The lowest BCUT2D eigenvalue weighted by molar-refractivity contribution is -0.152. The van der Waals surface area contributed by atoms with Gasteiger partial charge < -0.3 is 14.2 Å². The van der Waals surface area contributed by atoms with E-state index in [0.29, 0.717) is 22.5 Å². The van der Waals surface area contributed by atoms with Gasteiger partial charge in [0.05, 0.1) is 23.9 Å². The van der Waals surface area contributed by atoms with Crippen LogP contribution in [-0.2, 0) is 20.9 Å². The summed E-state index contributed by atoms with van der Waals surface area (Å²) in [6.07, 6.45) is -0.927. The average Bonchev–Trinajstić information content (AvgIpc) is 2.73. The van der Waals surface area contributed by atoms with Crippen LogP contribution < -0.4 is 4.74 Å². The molecule has 0 saturated carbocycles. The number of rotatable bonds is 6. The fourth-order valence-corrected chi connectivity index (χ4v) is 2.94. The van der Waals surface area contributed by atoms with Crippen molar-refractivity contribution >= 4 is 22.8 Å². The molecule has 0 unspecified atom stereocenters. The van der Waals surface area contributed by atoms with Crippen LogP contribution in [-0.4, -0.2) is 30.1 Å². The predicted molar refractivity (Wildman–Crippen MR) is 104 cm³/mol. The highest BCUT2D eigenvalue weighted by Crippen LogP contribution is 2.24. The molecule has 0 amide bonds. The number of benzene rings is 2. The smallest absolute Gasteiger partial charge is 0.347 e. The number of fused-ring (bicyclic) bond motifs is 1. The SMILES string of the molecule is COC(=O)c1c(COC(=O)[C@H](C)Oc2ccc(F)cc2)nc2ccccc2c1C. The topological polar surface area (TPSA) is 74.7 Å². The summed E-state index contributed by atoms with van der Waals surface area (Å²) in [5.41, 5.74) is 1.95. The third kappa shape index (κ3) is 4.51. The van der Waals surface area contributed by atoms with Crippen LogP contribution in [0.2, 0.25) is 0 Å². The van der Waals surface area contributed by atoms with Gasteiger partial charge in [0, 0.05) is 5.39 Å². The van der Waals surface area contributed by atoms with Crippen LogP contribution in [0.25, 0.3) is 10.9 Å². The van der Waals surface area contributed by atoms with E-state index in [4.69, 9.17) is 14.2 Å². The molecule has 7 heteroatoms. The lowest BCUT2D eigenvalue weighted by atomic mass is 10.0. The first-order chi connectivity index (χ1) is 13.9. The Balaban J connectivity index is 1.79. The number of methoxy groups -OCH3 is 1. The van der Waals surface area contributed by atoms with E-state index < -0.39 is 23.9 Å². The molecule has 3 aromatic rings. The molecule has 3 rings (SSSR count). The Morgan fingerprint density at radius 3 is 2.48 bits per heavy atom. The van der Waals surface area contributed by atoms with E-state index in [9.17, 15) is 14.0 Å². The van der Waals surface area contributed by atoms with Gasteiger partial charge in [-0.3, -0.25) is 0 Å². The Labute approximate surface area is 167 Å². The van der Waals surface area contributed by atoms with E-state index in [-0.39, 0.29) is 12.2 Å². The molecule has 0 aliphatic heterocycles. The number of hydrogen-bond donors (Lipinski definition) is 0. The summed E-state index contributed by atoms with van der Waals surface area (Å²) in [5, 5.41) is 0.816. The molecule has 1 aromatic heterocycles. The Bertz CT molecular complexity index is 1050. The minimum Gasteiger partial charge on any atom is -0.479 e. The van der Waals surface area contributed by atoms with Gasteiger partial charge in [-0.15, -0.1) is 0 Å². The van der Waals surface area contributed by atoms with E-state index in [1.54, 1.807) is 6.92 Å². The Morgan fingerprint density at radius 1 is 1.10 bits per heavy atom.